The van der Waals surface area contributed by atoms with E-state index in [9.17, 15) is 4.79 Å². The zero-order chi connectivity index (χ0) is 30.7. The summed E-state index contributed by atoms with van der Waals surface area (Å²) in [5.74, 6) is 1.17. The van der Waals surface area contributed by atoms with E-state index in [1.165, 1.54) is 0 Å². The monoisotopic (exact) mass is 634 g/mol. The number of halogens is 1. The highest BCUT2D eigenvalue weighted by atomic mass is 35.5. The Labute approximate surface area is 266 Å². The summed E-state index contributed by atoms with van der Waals surface area (Å²) in [6.07, 6.45) is 2.13. The number of rotatable bonds is 7. The summed E-state index contributed by atoms with van der Waals surface area (Å²) in [7, 11) is 1.66. The maximum atomic E-state index is 13.6. The van der Waals surface area contributed by atoms with E-state index in [2.05, 4.69) is 15.8 Å². The number of anilines is 1. The van der Waals surface area contributed by atoms with Gasteiger partial charge in [0, 0.05) is 47.2 Å². The number of piperazine rings is 1. The predicted molar refractivity (Wildman–Crippen MR) is 181 cm³/mol. The first kappa shape index (κ1) is 31.0. The Morgan fingerprint density at radius 3 is 2.42 bits per heavy atom. The zero-order valence-electron chi connectivity index (χ0n) is 24.7. The van der Waals surface area contributed by atoms with Crippen LogP contribution < -0.4 is 9.64 Å². The number of benzene rings is 2. The van der Waals surface area contributed by atoms with Crippen LogP contribution in [-0.4, -0.2) is 71.8 Å². The van der Waals surface area contributed by atoms with Crippen molar-refractivity contribution in [2.75, 3.05) is 38.2 Å². The molecule has 0 bridgehead atoms. The van der Waals surface area contributed by atoms with Gasteiger partial charge in [0.1, 0.15) is 28.5 Å². The van der Waals surface area contributed by atoms with E-state index in [1.54, 1.807) is 42.2 Å². The number of fused-ring (bicyclic) bond motifs is 1. The molecule has 1 amide bonds. The molecule has 2 N–H and O–H groups in total. The van der Waals surface area contributed by atoms with Gasteiger partial charge in [0.15, 0.2) is 0 Å². The molecule has 1 saturated heterocycles. The minimum atomic E-state index is -0.724. The second-order valence-electron chi connectivity index (χ2n) is 10.5. The molecule has 0 spiro atoms. The number of thiophene rings is 1. The molecular formula is C32H35ClN6O2S2. The lowest BCUT2D eigenvalue weighted by molar-refractivity contribution is -0.132. The van der Waals surface area contributed by atoms with Gasteiger partial charge >= 0.3 is 0 Å². The number of carbonyl (C=O) groups excluding carboxylic acids is 1. The first-order chi connectivity index (χ1) is 20.7. The second-order valence-corrected chi connectivity index (χ2v) is 13.1. The number of methoxy groups -OCH3 is 1. The van der Waals surface area contributed by atoms with Crippen LogP contribution >= 0.6 is 34.9 Å². The minimum Gasteiger partial charge on any atom is -0.497 e. The molecule has 1 aromatic heterocycles. The molecule has 2 aliphatic heterocycles. The van der Waals surface area contributed by atoms with Crippen molar-refractivity contribution in [3.8, 4) is 5.75 Å². The van der Waals surface area contributed by atoms with E-state index in [1.807, 2.05) is 67.3 Å². The van der Waals surface area contributed by atoms with Crippen LogP contribution in [0.3, 0.4) is 0 Å². The maximum absolute atomic E-state index is 13.6. The van der Waals surface area contributed by atoms with Gasteiger partial charge in [0.2, 0.25) is 5.91 Å². The van der Waals surface area contributed by atoms with E-state index in [4.69, 9.17) is 32.1 Å². The van der Waals surface area contributed by atoms with Gasteiger partial charge in [-0.25, -0.2) is 4.31 Å². The fraction of sp³-hybridized carbons (Fsp3) is 0.312. The molecule has 0 aliphatic carbocycles. The van der Waals surface area contributed by atoms with Gasteiger partial charge in [-0.3, -0.25) is 25.5 Å². The summed E-state index contributed by atoms with van der Waals surface area (Å²) in [5, 5.41) is 21.2. The third kappa shape index (κ3) is 6.88. The summed E-state index contributed by atoms with van der Waals surface area (Å²) in [6, 6.07) is 14.7. The quantitative estimate of drug-likeness (QED) is 0.168. The first-order valence-electron chi connectivity index (χ1n) is 14.0. The van der Waals surface area contributed by atoms with E-state index in [0.29, 0.717) is 18.1 Å². The molecule has 1 atom stereocenters. The highest BCUT2D eigenvalue weighted by Gasteiger charge is 2.35. The van der Waals surface area contributed by atoms with Gasteiger partial charge in [0.25, 0.3) is 0 Å². The lowest BCUT2D eigenvalue weighted by Gasteiger charge is -2.34. The van der Waals surface area contributed by atoms with Crippen LogP contribution in [0.25, 0.3) is 6.08 Å². The van der Waals surface area contributed by atoms with Crippen molar-refractivity contribution in [3.63, 3.8) is 0 Å². The van der Waals surface area contributed by atoms with Crippen LogP contribution in [0.5, 0.6) is 5.75 Å². The van der Waals surface area contributed by atoms with Crippen LogP contribution in [-0.2, 0) is 4.79 Å². The molecule has 5 rings (SSSR count). The Morgan fingerprint density at radius 2 is 1.79 bits per heavy atom. The molecule has 2 aromatic carbocycles. The summed E-state index contributed by atoms with van der Waals surface area (Å²) in [5.41, 5.74) is 4.67. The molecule has 1 unspecified atom stereocenters. The van der Waals surface area contributed by atoms with Crippen molar-refractivity contribution in [2.24, 2.45) is 4.99 Å². The Hall–Kier alpha value is -3.44. The van der Waals surface area contributed by atoms with Crippen molar-refractivity contribution in [1.82, 2.24) is 9.21 Å². The van der Waals surface area contributed by atoms with Crippen molar-refractivity contribution in [1.29, 1.82) is 10.8 Å². The third-order valence-corrected chi connectivity index (χ3v) is 10.0. The number of carbonyl (C=O) groups is 1. The SMILES string of the molecule is COc1ccc(/C=C/SN2CCN(C(=O)CC3N=C(c4ccc(Cl)cc4)c4c(sc(C)c4C)N(C(C)=N)C3=N)CC2)cc1. The van der Waals surface area contributed by atoms with E-state index in [-0.39, 0.29) is 24.0 Å². The fourth-order valence-corrected chi connectivity index (χ4v) is 7.25. The zero-order valence-corrected chi connectivity index (χ0v) is 27.1. The van der Waals surface area contributed by atoms with Crippen LogP contribution in [0.2, 0.25) is 5.02 Å². The van der Waals surface area contributed by atoms with Gasteiger partial charge in [-0.05, 0) is 67.6 Å². The Kier molecular flexibility index (Phi) is 9.71. The van der Waals surface area contributed by atoms with Crippen LogP contribution in [0.1, 0.15) is 40.5 Å². The highest BCUT2D eigenvalue weighted by molar-refractivity contribution is 8.00. The third-order valence-electron chi connectivity index (χ3n) is 7.65. The number of hydrogen-bond donors (Lipinski definition) is 2. The van der Waals surface area contributed by atoms with Crippen molar-refractivity contribution >= 4 is 69.3 Å². The molecule has 3 aromatic rings. The number of amidine groups is 2. The molecule has 224 valence electrons. The molecule has 1 fully saturated rings. The molecule has 43 heavy (non-hydrogen) atoms. The Bertz CT molecular complexity index is 1570. The number of aryl methyl sites for hydroxylation is 1. The lowest BCUT2D eigenvalue weighted by atomic mass is 9.99. The van der Waals surface area contributed by atoms with Gasteiger partial charge in [-0.15, -0.1) is 11.3 Å². The van der Waals surface area contributed by atoms with Crippen LogP contribution in [0, 0.1) is 24.7 Å². The number of nitrogens with one attached hydrogen (secondary N) is 2. The smallest absolute Gasteiger partial charge is 0.225 e. The summed E-state index contributed by atoms with van der Waals surface area (Å²) < 4.78 is 7.47. The maximum Gasteiger partial charge on any atom is 0.225 e. The average Bonchev–Trinajstić information content (AvgIpc) is 3.22. The molecule has 2 aliphatic rings. The highest BCUT2D eigenvalue weighted by Crippen LogP contribution is 2.40. The van der Waals surface area contributed by atoms with E-state index >= 15 is 0 Å². The largest absolute Gasteiger partial charge is 0.497 e. The fourth-order valence-electron chi connectivity index (χ4n) is 5.13. The van der Waals surface area contributed by atoms with Crippen molar-refractivity contribution in [2.45, 2.75) is 33.2 Å². The average molecular weight is 635 g/mol. The van der Waals surface area contributed by atoms with E-state index in [0.717, 1.165) is 56.7 Å². The van der Waals surface area contributed by atoms with Crippen LogP contribution in [0.4, 0.5) is 5.00 Å². The number of hydrogen-bond acceptors (Lipinski definition) is 8. The van der Waals surface area contributed by atoms with Gasteiger partial charge in [0.05, 0.1) is 19.2 Å². The number of nitrogens with zero attached hydrogens (tertiary/aromatic N) is 4. The number of amides is 1. The number of ether oxygens (including phenoxy) is 1. The summed E-state index contributed by atoms with van der Waals surface area (Å²) in [4.78, 5) is 23.3. The predicted octanol–water partition coefficient (Wildman–Crippen LogP) is 6.88. The first-order valence-corrected chi connectivity index (χ1v) is 16.1. The molecule has 8 nitrogen and oxygen atoms in total. The molecule has 0 radical (unpaired) electrons. The van der Waals surface area contributed by atoms with Gasteiger partial charge in [-0.2, -0.15) is 0 Å². The molecule has 0 saturated carbocycles. The minimum absolute atomic E-state index is 0.0341. The van der Waals surface area contributed by atoms with E-state index < -0.39 is 6.04 Å². The molecule has 11 heteroatoms. The standard InChI is InChI=1S/C32H35ClN6O2S2/c1-20-21(2)43-32-29(20)30(24-7-9-25(33)10-8-24)36-27(31(35)39(32)22(3)34)19-28(40)37-14-16-38(17-15-37)42-18-13-23-5-11-26(41-4)12-6-23/h5-13,18,27,34-35H,14-17,19H2,1-4H3/b18-13+,34-22?,35-31?. The normalized spacial score (nSPS) is 17.6. The summed E-state index contributed by atoms with van der Waals surface area (Å²) in [6.45, 7) is 8.46. The molecule has 3 heterocycles. The summed E-state index contributed by atoms with van der Waals surface area (Å²) >= 11 is 9.39. The Morgan fingerprint density at radius 1 is 1.12 bits per heavy atom. The Balaban J connectivity index is 1.31. The van der Waals surface area contributed by atoms with Crippen LogP contribution in [0.15, 0.2) is 58.9 Å². The van der Waals surface area contributed by atoms with Gasteiger partial charge < -0.3 is 9.64 Å². The second kappa shape index (κ2) is 13.5. The van der Waals surface area contributed by atoms with Crippen molar-refractivity contribution in [3.05, 3.63) is 86.1 Å². The van der Waals surface area contributed by atoms with Crippen molar-refractivity contribution < 1.29 is 9.53 Å². The van der Waals surface area contributed by atoms with Gasteiger partial charge in [-0.1, -0.05) is 47.8 Å². The lowest BCUT2D eigenvalue weighted by Crippen LogP contribution is -2.48. The number of aliphatic imine (C=N–C) groups is 1. The molecular weight excluding hydrogens is 600 g/mol. The topological polar surface area (TPSA) is 96.1 Å².